The fraction of sp³-hybridized carbons (Fsp3) is 0.286. The number of amides is 1. The van der Waals surface area contributed by atoms with E-state index in [0.29, 0.717) is 23.9 Å². The van der Waals surface area contributed by atoms with Crippen LogP contribution in [0, 0.1) is 13.8 Å². The summed E-state index contributed by atoms with van der Waals surface area (Å²) in [6.45, 7) is 4.59. The first-order chi connectivity index (χ1) is 13.1. The van der Waals surface area contributed by atoms with Crippen molar-refractivity contribution >= 4 is 17.7 Å². The topological polar surface area (TPSA) is 68.0 Å². The molecule has 0 spiro atoms. The van der Waals surface area contributed by atoms with Gasteiger partial charge in [0.1, 0.15) is 5.76 Å². The summed E-state index contributed by atoms with van der Waals surface area (Å²) in [6.07, 6.45) is 4.33. The molecule has 0 aliphatic rings. The number of nitrogens with one attached hydrogen (secondary N) is 1. The second-order valence-corrected chi connectivity index (χ2v) is 7.32. The molecule has 0 unspecified atom stereocenters. The minimum atomic E-state index is 0.0361. The van der Waals surface area contributed by atoms with Crippen LogP contribution in [0.4, 0.5) is 0 Å². The average molecular weight is 382 g/mol. The number of thioether (sulfide) groups is 1. The summed E-state index contributed by atoms with van der Waals surface area (Å²) in [5.74, 6) is 2.52. The number of carbonyl (C=O) groups is 1. The highest BCUT2D eigenvalue weighted by molar-refractivity contribution is 7.99. The number of hydrogen-bond acceptors (Lipinski definition) is 5. The third-order valence-corrected chi connectivity index (χ3v) is 5.09. The molecule has 2 aromatic heterocycles. The van der Waals surface area contributed by atoms with Crippen molar-refractivity contribution in [1.82, 2.24) is 15.3 Å². The van der Waals surface area contributed by atoms with Crippen molar-refractivity contribution in [2.45, 2.75) is 26.0 Å². The van der Waals surface area contributed by atoms with Crippen LogP contribution in [0.3, 0.4) is 0 Å². The first-order valence-electron chi connectivity index (χ1n) is 8.88. The van der Waals surface area contributed by atoms with Crippen LogP contribution in [-0.4, -0.2) is 28.2 Å². The highest BCUT2D eigenvalue weighted by atomic mass is 32.2. The van der Waals surface area contributed by atoms with E-state index in [1.807, 2.05) is 43.3 Å². The summed E-state index contributed by atoms with van der Waals surface area (Å²) in [5.41, 5.74) is 4.22. The molecular weight excluding hydrogens is 358 g/mol. The lowest BCUT2D eigenvalue weighted by Crippen LogP contribution is -2.27. The third kappa shape index (κ3) is 5.69. The van der Waals surface area contributed by atoms with Gasteiger partial charge in [-0.3, -0.25) is 9.78 Å². The zero-order chi connectivity index (χ0) is 19.1. The standard InChI is InChI=1S/C21H23N3O2S/c1-15-3-5-18(6-4-15)21-24-19(16(2)26-21)13-27-14-20(25)23-12-9-17-7-10-22-11-8-17/h3-8,10-11H,9,12-14H2,1-2H3,(H,23,25). The summed E-state index contributed by atoms with van der Waals surface area (Å²) >= 11 is 1.54. The van der Waals surface area contributed by atoms with Gasteiger partial charge in [0.05, 0.1) is 11.4 Å². The van der Waals surface area contributed by atoms with Crippen LogP contribution in [0.5, 0.6) is 0 Å². The Balaban J connectivity index is 1.43. The number of rotatable bonds is 8. The van der Waals surface area contributed by atoms with Crippen LogP contribution in [-0.2, 0) is 17.0 Å². The van der Waals surface area contributed by atoms with E-state index in [-0.39, 0.29) is 5.91 Å². The fourth-order valence-electron chi connectivity index (χ4n) is 2.57. The number of aryl methyl sites for hydroxylation is 2. The van der Waals surface area contributed by atoms with Crippen molar-refractivity contribution in [3.8, 4) is 11.5 Å². The molecule has 140 valence electrons. The van der Waals surface area contributed by atoms with Gasteiger partial charge in [-0.25, -0.2) is 4.98 Å². The quantitative estimate of drug-likeness (QED) is 0.640. The van der Waals surface area contributed by atoms with Crippen LogP contribution >= 0.6 is 11.8 Å². The lowest BCUT2D eigenvalue weighted by atomic mass is 10.1. The molecule has 3 rings (SSSR count). The average Bonchev–Trinajstić information content (AvgIpc) is 3.04. The molecule has 1 N–H and O–H groups in total. The predicted octanol–water partition coefficient (Wildman–Crippen LogP) is 3.95. The van der Waals surface area contributed by atoms with E-state index in [1.165, 1.54) is 11.1 Å². The molecule has 0 aliphatic carbocycles. The molecule has 2 heterocycles. The molecule has 0 radical (unpaired) electrons. The maximum Gasteiger partial charge on any atom is 0.230 e. The van der Waals surface area contributed by atoms with Gasteiger partial charge in [0, 0.05) is 30.3 Å². The molecule has 27 heavy (non-hydrogen) atoms. The van der Waals surface area contributed by atoms with Crippen LogP contribution < -0.4 is 5.32 Å². The van der Waals surface area contributed by atoms with Crippen molar-refractivity contribution in [2.24, 2.45) is 0 Å². The second-order valence-electron chi connectivity index (χ2n) is 6.34. The first-order valence-corrected chi connectivity index (χ1v) is 10.0. The van der Waals surface area contributed by atoms with Gasteiger partial charge in [0.15, 0.2) is 0 Å². The number of nitrogens with zero attached hydrogens (tertiary/aromatic N) is 2. The molecule has 0 fully saturated rings. The summed E-state index contributed by atoms with van der Waals surface area (Å²) in [7, 11) is 0. The lowest BCUT2D eigenvalue weighted by Gasteiger charge is -2.05. The molecule has 1 aromatic carbocycles. The van der Waals surface area contributed by atoms with Gasteiger partial charge in [-0.2, -0.15) is 0 Å². The van der Waals surface area contributed by atoms with Crippen LogP contribution in [0.25, 0.3) is 11.5 Å². The fourth-order valence-corrected chi connectivity index (χ4v) is 3.42. The van der Waals surface area contributed by atoms with E-state index in [2.05, 4.69) is 22.2 Å². The molecule has 3 aromatic rings. The van der Waals surface area contributed by atoms with Crippen LogP contribution in [0.15, 0.2) is 53.2 Å². The monoisotopic (exact) mass is 381 g/mol. The van der Waals surface area contributed by atoms with E-state index in [0.717, 1.165) is 23.4 Å². The van der Waals surface area contributed by atoms with E-state index in [1.54, 1.807) is 24.2 Å². The van der Waals surface area contributed by atoms with E-state index in [4.69, 9.17) is 4.42 Å². The van der Waals surface area contributed by atoms with Crippen molar-refractivity contribution < 1.29 is 9.21 Å². The molecule has 1 amide bonds. The van der Waals surface area contributed by atoms with E-state index >= 15 is 0 Å². The number of pyridine rings is 1. The summed E-state index contributed by atoms with van der Waals surface area (Å²) in [6, 6.07) is 12.0. The van der Waals surface area contributed by atoms with Gasteiger partial charge in [0.2, 0.25) is 11.8 Å². The lowest BCUT2D eigenvalue weighted by molar-refractivity contribution is -0.118. The van der Waals surface area contributed by atoms with E-state index < -0.39 is 0 Å². The number of carbonyl (C=O) groups excluding carboxylic acids is 1. The maximum absolute atomic E-state index is 12.0. The highest BCUT2D eigenvalue weighted by Gasteiger charge is 2.12. The molecule has 0 saturated carbocycles. The van der Waals surface area contributed by atoms with Gasteiger partial charge in [-0.15, -0.1) is 11.8 Å². The molecule has 6 heteroatoms. The Morgan fingerprint density at radius 2 is 1.85 bits per heavy atom. The Hall–Kier alpha value is -2.60. The Kier molecular flexibility index (Phi) is 6.65. The first kappa shape index (κ1) is 19.2. The molecule has 0 aliphatic heterocycles. The minimum absolute atomic E-state index is 0.0361. The molecular formula is C21H23N3O2S. The van der Waals surface area contributed by atoms with Crippen LogP contribution in [0.1, 0.15) is 22.6 Å². The summed E-state index contributed by atoms with van der Waals surface area (Å²) in [5, 5.41) is 2.94. The normalized spacial score (nSPS) is 10.7. The van der Waals surface area contributed by atoms with Crippen molar-refractivity contribution in [3.63, 3.8) is 0 Å². The van der Waals surface area contributed by atoms with Gasteiger partial charge < -0.3 is 9.73 Å². The number of oxazole rings is 1. The van der Waals surface area contributed by atoms with Crippen molar-refractivity contribution in [2.75, 3.05) is 12.3 Å². The van der Waals surface area contributed by atoms with Gasteiger partial charge in [-0.05, 0) is 50.1 Å². The molecule has 0 bridgehead atoms. The van der Waals surface area contributed by atoms with Crippen LogP contribution in [0.2, 0.25) is 0 Å². The number of aromatic nitrogens is 2. The van der Waals surface area contributed by atoms with Gasteiger partial charge in [0.25, 0.3) is 0 Å². The Labute approximate surface area is 163 Å². The second kappa shape index (κ2) is 9.37. The van der Waals surface area contributed by atoms with Gasteiger partial charge >= 0.3 is 0 Å². The number of hydrogen-bond donors (Lipinski definition) is 1. The zero-order valence-corrected chi connectivity index (χ0v) is 16.4. The minimum Gasteiger partial charge on any atom is -0.441 e. The largest absolute Gasteiger partial charge is 0.441 e. The van der Waals surface area contributed by atoms with Crippen molar-refractivity contribution in [3.05, 3.63) is 71.4 Å². The molecule has 0 saturated heterocycles. The molecule has 5 nitrogen and oxygen atoms in total. The SMILES string of the molecule is Cc1ccc(-c2nc(CSCC(=O)NCCc3ccncc3)c(C)o2)cc1. The highest BCUT2D eigenvalue weighted by Crippen LogP contribution is 2.24. The predicted molar refractivity (Wildman–Crippen MR) is 109 cm³/mol. The Bertz CT molecular complexity index is 876. The summed E-state index contributed by atoms with van der Waals surface area (Å²) < 4.78 is 5.78. The summed E-state index contributed by atoms with van der Waals surface area (Å²) in [4.78, 5) is 20.5. The Morgan fingerprint density at radius 3 is 2.59 bits per heavy atom. The van der Waals surface area contributed by atoms with Crippen molar-refractivity contribution in [1.29, 1.82) is 0 Å². The van der Waals surface area contributed by atoms with Gasteiger partial charge in [-0.1, -0.05) is 17.7 Å². The Morgan fingerprint density at radius 1 is 1.11 bits per heavy atom. The number of benzene rings is 1. The zero-order valence-electron chi connectivity index (χ0n) is 15.6. The molecule has 0 atom stereocenters. The third-order valence-electron chi connectivity index (χ3n) is 4.15. The maximum atomic E-state index is 12.0. The smallest absolute Gasteiger partial charge is 0.230 e. The van der Waals surface area contributed by atoms with E-state index in [9.17, 15) is 4.79 Å².